The van der Waals surface area contributed by atoms with Crippen molar-refractivity contribution in [3.8, 4) is 5.88 Å². The molecule has 0 radical (unpaired) electrons. The smallest absolute Gasteiger partial charge is 0.218 e. The number of rotatable bonds is 9. The van der Waals surface area contributed by atoms with E-state index in [0.29, 0.717) is 12.5 Å². The number of nitrogens with zero attached hydrogens (tertiary/aromatic N) is 2. The Kier molecular flexibility index (Phi) is 6.71. The lowest BCUT2D eigenvalue weighted by Gasteiger charge is -2.22. The van der Waals surface area contributed by atoms with Gasteiger partial charge in [0.25, 0.3) is 0 Å². The normalized spacial score (nSPS) is 11.4. The van der Waals surface area contributed by atoms with Crippen molar-refractivity contribution in [2.75, 3.05) is 25.6 Å². The first-order valence-electron chi connectivity index (χ1n) is 7.30. The lowest BCUT2D eigenvalue weighted by molar-refractivity contribution is 0.00507. The Morgan fingerprint density at radius 1 is 1.25 bits per heavy atom. The highest BCUT2D eigenvalue weighted by Gasteiger charge is 2.16. The van der Waals surface area contributed by atoms with Crippen LogP contribution in [0.1, 0.15) is 46.4 Å². The molecule has 114 valence electrons. The molecule has 20 heavy (non-hydrogen) atoms. The Hall–Kier alpha value is -1.36. The Bertz CT molecular complexity index is 408. The molecule has 0 bridgehead atoms. The van der Waals surface area contributed by atoms with Crippen LogP contribution in [0, 0.1) is 0 Å². The summed E-state index contributed by atoms with van der Waals surface area (Å²) in [7, 11) is 1.71. The van der Waals surface area contributed by atoms with Crippen molar-refractivity contribution in [1.82, 2.24) is 9.97 Å². The predicted octanol–water partition coefficient (Wildman–Crippen LogP) is 3.05. The van der Waals surface area contributed by atoms with Gasteiger partial charge in [0, 0.05) is 32.6 Å². The number of nitrogens with one attached hydrogen (secondary N) is 1. The molecule has 5 nitrogen and oxygen atoms in total. The highest BCUT2D eigenvalue weighted by molar-refractivity contribution is 5.38. The molecule has 0 amide bonds. The molecule has 1 heterocycles. The number of hydrogen-bond acceptors (Lipinski definition) is 5. The fourth-order valence-electron chi connectivity index (χ4n) is 1.55. The zero-order chi connectivity index (χ0) is 15.0. The third kappa shape index (κ3) is 5.74. The van der Waals surface area contributed by atoms with Crippen LogP contribution >= 0.6 is 0 Å². The Morgan fingerprint density at radius 3 is 2.60 bits per heavy atom. The second-order valence-electron chi connectivity index (χ2n) is 5.35. The number of anilines is 1. The first kappa shape index (κ1) is 16.7. The van der Waals surface area contributed by atoms with Crippen molar-refractivity contribution in [3.63, 3.8) is 0 Å². The molecule has 0 saturated carbocycles. The van der Waals surface area contributed by atoms with Crippen molar-refractivity contribution in [1.29, 1.82) is 0 Å². The number of aromatic nitrogens is 2. The molecule has 0 unspecified atom stereocenters. The predicted molar refractivity (Wildman–Crippen MR) is 81.4 cm³/mol. The van der Waals surface area contributed by atoms with Gasteiger partial charge >= 0.3 is 0 Å². The van der Waals surface area contributed by atoms with Crippen LogP contribution in [0.2, 0.25) is 0 Å². The molecule has 1 rings (SSSR count). The van der Waals surface area contributed by atoms with Crippen molar-refractivity contribution in [3.05, 3.63) is 11.9 Å². The highest BCUT2D eigenvalue weighted by atomic mass is 16.5. The number of ether oxygens (including phenoxy) is 2. The van der Waals surface area contributed by atoms with Gasteiger partial charge in [0.1, 0.15) is 11.6 Å². The lowest BCUT2D eigenvalue weighted by atomic mass is 10.1. The van der Waals surface area contributed by atoms with Gasteiger partial charge in [-0.3, -0.25) is 0 Å². The van der Waals surface area contributed by atoms with E-state index in [9.17, 15) is 0 Å². The maximum absolute atomic E-state index is 5.74. The Balaban J connectivity index is 2.64. The van der Waals surface area contributed by atoms with E-state index in [0.717, 1.165) is 37.4 Å². The number of methoxy groups -OCH3 is 1. The highest BCUT2D eigenvalue weighted by Crippen LogP contribution is 2.17. The summed E-state index contributed by atoms with van der Waals surface area (Å²) in [5.74, 6) is 2.26. The summed E-state index contributed by atoms with van der Waals surface area (Å²) in [4.78, 5) is 8.83. The van der Waals surface area contributed by atoms with E-state index in [2.05, 4.69) is 22.2 Å². The SMILES string of the molecule is CCCNc1cc(OCCC(C)(C)OC)nc(CC)n1. The molecule has 0 aliphatic rings. The van der Waals surface area contributed by atoms with Crippen LogP contribution in [-0.2, 0) is 11.2 Å². The summed E-state index contributed by atoms with van der Waals surface area (Å²) >= 11 is 0. The fraction of sp³-hybridized carbons (Fsp3) is 0.733. The van der Waals surface area contributed by atoms with Gasteiger partial charge in [-0.1, -0.05) is 13.8 Å². The maximum atomic E-state index is 5.74. The van der Waals surface area contributed by atoms with Crippen molar-refractivity contribution >= 4 is 5.82 Å². The van der Waals surface area contributed by atoms with Crippen LogP contribution in [0.25, 0.3) is 0 Å². The monoisotopic (exact) mass is 281 g/mol. The zero-order valence-electron chi connectivity index (χ0n) is 13.3. The summed E-state index contributed by atoms with van der Waals surface area (Å²) in [6.07, 6.45) is 2.66. The summed E-state index contributed by atoms with van der Waals surface area (Å²) in [5, 5.41) is 3.27. The molecule has 1 aromatic rings. The minimum absolute atomic E-state index is 0.177. The number of hydrogen-bond donors (Lipinski definition) is 1. The van der Waals surface area contributed by atoms with E-state index >= 15 is 0 Å². The van der Waals surface area contributed by atoms with Gasteiger partial charge in [0.15, 0.2) is 0 Å². The Morgan fingerprint density at radius 2 is 2.00 bits per heavy atom. The third-order valence-corrected chi connectivity index (χ3v) is 3.13. The van der Waals surface area contributed by atoms with Crippen LogP contribution in [0.3, 0.4) is 0 Å². The van der Waals surface area contributed by atoms with E-state index in [1.54, 1.807) is 7.11 Å². The van der Waals surface area contributed by atoms with Crippen molar-refractivity contribution in [2.24, 2.45) is 0 Å². The molecule has 0 aliphatic carbocycles. The topological polar surface area (TPSA) is 56.3 Å². The standard InChI is InChI=1S/C15H27N3O2/c1-6-9-16-13-11-14(18-12(7-2)17-13)20-10-8-15(3,4)19-5/h11H,6-10H2,1-5H3,(H,16,17,18). The van der Waals surface area contributed by atoms with E-state index in [4.69, 9.17) is 9.47 Å². The molecule has 0 aromatic carbocycles. The van der Waals surface area contributed by atoms with Crippen molar-refractivity contribution in [2.45, 2.75) is 52.6 Å². The molecule has 0 spiro atoms. The summed E-state index contributed by atoms with van der Waals surface area (Å²) < 4.78 is 11.1. The van der Waals surface area contributed by atoms with Gasteiger partial charge < -0.3 is 14.8 Å². The molecule has 5 heteroatoms. The molecule has 1 N–H and O–H groups in total. The van der Waals surface area contributed by atoms with Crippen LogP contribution in [0.5, 0.6) is 5.88 Å². The second kappa shape index (κ2) is 8.04. The van der Waals surface area contributed by atoms with E-state index in [1.165, 1.54) is 0 Å². The first-order valence-corrected chi connectivity index (χ1v) is 7.30. The average molecular weight is 281 g/mol. The van der Waals surface area contributed by atoms with Gasteiger partial charge in [-0.25, -0.2) is 4.98 Å². The van der Waals surface area contributed by atoms with Gasteiger partial charge in [0.05, 0.1) is 12.2 Å². The van der Waals surface area contributed by atoms with Gasteiger partial charge in [-0.05, 0) is 20.3 Å². The molecular formula is C15H27N3O2. The first-order chi connectivity index (χ1) is 9.50. The quantitative estimate of drug-likeness (QED) is 0.754. The molecule has 0 aliphatic heterocycles. The molecule has 0 fully saturated rings. The largest absolute Gasteiger partial charge is 0.477 e. The number of aryl methyl sites for hydroxylation is 1. The van der Waals surface area contributed by atoms with Crippen molar-refractivity contribution < 1.29 is 9.47 Å². The van der Waals surface area contributed by atoms with E-state index in [-0.39, 0.29) is 5.60 Å². The average Bonchev–Trinajstić information content (AvgIpc) is 2.44. The van der Waals surface area contributed by atoms with E-state index in [1.807, 2.05) is 26.8 Å². The Labute approximate surface area is 122 Å². The minimum Gasteiger partial charge on any atom is -0.477 e. The molecule has 0 saturated heterocycles. The minimum atomic E-state index is -0.177. The van der Waals surface area contributed by atoms with E-state index < -0.39 is 0 Å². The fourth-order valence-corrected chi connectivity index (χ4v) is 1.55. The van der Waals surface area contributed by atoms with Crippen LogP contribution in [0.4, 0.5) is 5.82 Å². The van der Waals surface area contributed by atoms with Crippen LogP contribution in [0.15, 0.2) is 6.07 Å². The summed E-state index contributed by atoms with van der Waals surface area (Å²) in [5.41, 5.74) is -0.177. The van der Waals surface area contributed by atoms with Gasteiger partial charge in [-0.2, -0.15) is 4.98 Å². The third-order valence-electron chi connectivity index (χ3n) is 3.13. The molecular weight excluding hydrogens is 254 g/mol. The summed E-state index contributed by atoms with van der Waals surface area (Å²) in [6, 6.07) is 1.86. The van der Waals surface area contributed by atoms with Crippen LogP contribution < -0.4 is 10.1 Å². The zero-order valence-corrected chi connectivity index (χ0v) is 13.3. The second-order valence-corrected chi connectivity index (χ2v) is 5.35. The van der Waals surface area contributed by atoms with Gasteiger partial charge in [-0.15, -0.1) is 0 Å². The van der Waals surface area contributed by atoms with Gasteiger partial charge in [0.2, 0.25) is 5.88 Å². The molecule has 1 aromatic heterocycles. The maximum Gasteiger partial charge on any atom is 0.218 e. The molecule has 0 atom stereocenters. The lowest BCUT2D eigenvalue weighted by Crippen LogP contribution is -2.25. The summed E-state index contributed by atoms with van der Waals surface area (Å²) in [6.45, 7) is 9.73. The van der Waals surface area contributed by atoms with Crippen LogP contribution in [-0.4, -0.2) is 35.8 Å².